The first kappa shape index (κ1) is 12.3. The van der Waals surface area contributed by atoms with E-state index in [1.807, 2.05) is 6.92 Å². The Morgan fingerprint density at radius 1 is 1.22 bits per heavy atom. The van der Waals surface area contributed by atoms with E-state index in [9.17, 15) is 20.2 Å². The molecule has 0 saturated heterocycles. The third-order valence-electron chi connectivity index (χ3n) is 3.28. The molecule has 0 radical (unpaired) electrons. The van der Waals surface area contributed by atoms with Gasteiger partial charge >= 0.3 is 0 Å². The Morgan fingerprint density at radius 3 is 2.33 bits per heavy atom. The van der Waals surface area contributed by atoms with Gasteiger partial charge in [0.2, 0.25) is 0 Å². The standard InChI is InChI=1S/C11H13N3O4/c1-11(5-2-6-11)12-9-4-3-8(13(15)16)7-10(9)14(17)18/h3-4,7,12H,2,5-6H2,1H3. The van der Waals surface area contributed by atoms with E-state index in [1.165, 1.54) is 12.1 Å². The molecule has 0 unspecified atom stereocenters. The number of non-ortho nitro benzene ring substituents is 1. The summed E-state index contributed by atoms with van der Waals surface area (Å²) in [4.78, 5) is 20.3. The van der Waals surface area contributed by atoms with Crippen LogP contribution in [0.4, 0.5) is 17.1 Å². The molecule has 1 fully saturated rings. The molecule has 0 aliphatic heterocycles. The smallest absolute Gasteiger partial charge is 0.299 e. The van der Waals surface area contributed by atoms with Gasteiger partial charge in [-0.3, -0.25) is 20.2 Å². The van der Waals surface area contributed by atoms with Gasteiger partial charge < -0.3 is 5.32 Å². The van der Waals surface area contributed by atoms with E-state index in [-0.39, 0.29) is 16.9 Å². The topological polar surface area (TPSA) is 98.3 Å². The number of rotatable bonds is 4. The van der Waals surface area contributed by atoms with Gasteiger partial charge in [0.25, 0.3) is 11.4 Å². The summed E-state index contributed by atoms with van der Waals surface area (Å²) in [6, 6.07) is 3.67. The van der Waals surface area contributed by atoms with Gasteiger partial charge in [0, 0.05) is 11.6 Å². The number of benzene rings is 1. The molecule has 7 nitrogen and oxygen atoms in total. The molecule has 1 aromatic rings. The molecule has 0 aromatic heterocycles. The van der Waals surface area contributed by atoms with Gasteiger partial charge in [0.05, 0.1) is 15.9 Å². The SMILES string of the molecule is CC1(Nc2ccc([N+](=O)[O-])cc2[N+](=O)[O-])CCC1. The second-order valence-electron chi connectivity index (χ2n) is 4.75. The van der Waals surface area contributed by atoms with Crippen molar-refractivity contribution < 1.29 is 9.85 Å². The first-order valence-electron chi connectivity index (χ1n) is 5.62. The Balaban J connectivity index is 2.34. The first-order valence-corrected chi connectivity index (χ1v) is 5.62. The summed E-state index contributed by atoms with van der Waals surface area (Å²) < 4.78 is 0. The monoisotopic (exact) mass is 251 g/mol. The summed E-state index contributed by atoms with van der Waals surface area (Å²) in [7, 11) is 0. The number of anilines is 1. The summed E-state index contributed by atoms with van der Waals surface area (Å²) >= 11 is 0. The quantitative estimate of drug-likeness (QED) is 0.655. The fraction of sp³-hybridized carbons (Fsp3) is 0.455. The first-order chi connectivity index (χ1) is 8.41. The Kier molecular flexibility index (Phi) is 2.90. The second kappa shape index (κ2) is 4.25. The molecule has 1 aromatic carbocycles. The lowest BCUT2D eigenvalue weighted by molar-refractivity contribution is -0.393. The number of nitro benzene ring substituents is 2. The largest absolute Gasteiger partial charge is 0.374 e. The van der Waals surface area contributed by atoms with Crippen molar-refractivity contribution in [3.05, 3.63) is 38.4 Å². The van der Waals surface area contributed by atoms with Crippen molar-refractivity contribution in [2.75, 3.05) is 5.32 Å². The Bertz CT molecular complexity index is 511. The molecular weight excluding hydrogens is 238 g/mol. The van der Waals surface area contributed by atoms with Crippen LogP contribution in [0.15, 0.2) is 18.2 Å². The third kappa shape index (κ3) is 2.24. The van der Waals surface area contributed by atoms with E-state index in [4.69, 9.17) is 0 Å². The van der Waals surface area contributed by atoms with Gasteiger partial charge in [-0.1, -0.05) is 0 Å². The molecule has 0 amide bonds. The van der Waals surface area contributed by atoms with Crippen LogP contribution in [0.5, 0.6) is 0 Å². The van der Waals surface area contributed by atoms with Crippen LogP contribution in [0.3, 0.4) is 0 Å². The second-order valence-corrected chi connectivity index (χ2v) is 4.75. The molecule has 96 valence electrons. The van der Waals surface area contributed by atoms with Crippen molar-refractivity contribution in [3.63, 3.8) is 0 Å². The highest BCUT2D eigenvalue weighted by Gasteiger charge is 2.33. The van der Waals surface area contributed by atoms with Gasteiger partial charge in [-0.2, -0.15) is 0 Å². The Hall–Kier alpha value is -2.18. The zero-order valence-electron chi connectivity index (χ0n) is 9.88. The van der Waals surface area contributed by atoms with E-state index in [2.05, 4.69) is 5.32 Å². The van der Waals surface area contributed by atoms with Crippen molar-refractivity contribution in [2.24, 2.45) is 0 Å². The maximum absolute atomic E-state index is 10.9. The van der Waals surface area contributed by atoms with Crippen LogP contribution < -0.4 is 5.32 Å². The molecule has 0 atom stereocenters. The van der Waals surface area contributed by atoms with Crippen molar-refractivity contribution in [1.29, 1.82) is 0 Å². The predicted molar refractivity (Wildman–Crippen MR) is 65.6 cm³/mol. The van der Waals surface area contributed by atoms with E-state index >= 15 is 0 Å². The number of hydrogen-bond acceptors (Lipinski definition) is 5. The van der Waals surface area contributed by atoms with Gasteiger partial charge in [0.15, 0.2) is 0 Å². The highest BCUT2D eigenvalue weighted by Crippen LogP contribution is 2.38. The molecule has 2 rings (SSSR count). The molecule has 0 spiro atoms. The summed E-state index contributed by atoms with van der Waals surface area (Å²) in [5.74, 6) is 0. The fourth-order valence-electron chi connectivity index (χ4n) is 2.05. The summed E-state index contributed by atoms with van der Waals surface area (Å²) in [5, 5.41) is 24.6. The lowest BCUT2D eigenvalue weighted by Gasteiger charge is -2.39. The fourth-order valence-corrected chi connectivity index (χ4v) is 2.05. The van der Waals surface area contributed by atoms with Crippen LogP contribution in [0.25, 0.3) is 0 Å². The maximum atomic E-state index is 10.9. The minimum absolute atomic E-state index is 0.138. The zero-order valence-corrected chi connectivity index (χ0v) is 9.88. The molecule has 1 N–H and O–H groups in total. The van der Waals surface area contributed by atoms with Crippen molar-refractivity contribution in [2.45, 2.75) is 31.7 Å². The molecule has 1 aliphatic rings. The Morgan fingerprint density at radius 2 is 1.89 bits per heavy atom. The zero-order chi connectivity index (χ0) is 13.3. The molecule has 7 heteroatoms. The van der Waals surface area contributed by atoms with Gasteiger partial charge in [-0.05, 0) is 32.3 Å². The van der Waals surface area contributed by atoms with E-state index in [1.54, 1.807) is 0 Å². The molecular formula is C11H13N3O4. The summed E-state index contributed by atoms with van der Waals surface area (Å²) in [6.45, 7) is 1.99. The Labute approximate surface area is 103 Å². The van der Waals surface area contributed by atoms with Crippen LogP contribution in [0.2, 0.25) is 0 Å². The molecule has 1 saturated carbocycles. The number of nitrogens with zero attached hydrogens (tertiary/aromatic N) is 2. The molecule has 0 bridgehead atoms. The number of hydrogen-bond donors (Lipinski definition) is 1. The average Bonchev–Trinajstić information content (AvgIpc) is 2.26. The van der Waals surface area contributed by atoms with E-state index in [0.717, 1.165) is 25.3 Å². The lowest BCUT2D eigenvalue weighted by Crippen LogP contribution is -2.41. The van der Waals surface area contributed by atoms with Gasteiger partial charge in [0.1, 0.15) is 5.69 Å². The summed E-state index contributed by atoms with van der Waals surface area (Å²) in [5.41, 5.74) is -0.322. The number of nitrogens with one attached hydrogen (secondary N) is 1. The minimum atomic E-state index is -0.637. The third-order valence-corrected chi connectivity index (χ3v) is 3.28. The minimum Gasteiger partial charge on any atom is -0.374 e. The lowest BCUT2D eigenvalue weighted by atomic mass is 9.78. The van der Waals surface area contributed by atoms with Crippen LogP contribution >= 0.6 is 0 Å². The van der Waals surface area contributed by atoms with Gasteiger partial charge in [-0.25, -0.2) is 0 Å². The molecule has 0 heterocycles. The maximum Gasteiger partial charge on any atom is 0.299 e. The van der Waals surface area contributed by atoms with Crippen LogP contribution in [-0.4, -0.2) is 15.4 Å². The molecule has 1 aliphatic carbocycles. The van der Waals surface area contributed by atoms with E-state index in [0.29, 0.717) is 5.69 Å². The predicted octanol–water partition coefficient (Wildman–Crippen LogP) is 2.86. The normalized spacial score (nSPS) is 16.7. The summed E-state index contributed by atoms with van der Waals surface area (Å²) in [6.07, 6.45) is 2.98. The number of nitro groups is 2. The molecule has 18 heavy (non-hydrogen) atoms. The van der Waals surface area contributed by atoms with Crippen LogP contribution in [0, 0.1) is 20.2 Å². The van der Waals surface area contributed by atoms with Crippen LogP contribution in [-0.2, 0) is 0 Å². The highest BCUT2D eigenvalue weighted by atomic mass is 16.6. The van der Waals surface area contributed by atoms with Crippen molar-refractivity contribution in [1.82, 2.24) is 0 Å². The van der Waals surface area contributed by atoms with E-state index < -0.39 is 9.85 Å². The van der Waals surface area contributed by atoms with Crippen molar-refractivity contribution >= 4 is 17.1 Å². The highest BCUT2D eigenvalue weighted by molar-refractivity contribution is 5.66. The average molecular weight is 251 g/mol. The van der Waals surface area contributed by atoms with Gasteiger partial charge in [-0.15, -0.1) is 0 Å². The van der Waals surface area contributed by atoms with Crippen molar-refractivity contribution in [3.8, 4) is 0 Å². The van der Waals surface area contributed by atoms with Crippen LogP contribution in [0.1, 0.15) is 26.2 Å².